The number of carbonyl (C=O) groups is 5. The highest BCUT2D eigenvalue weighted by Gasteiger charge is 2.48. The number of carbonyl (C=O) groups excluding carboxylic acids is 5. The van der Waals surface area contributed by atoms with E-state index in [1.807, 2.05) is 13.0 Å². The minimum absolute atomic E-state index is 0.258. The van der Waals surface area contributed by atoms with E-state index in [1.54, 1.807) is 30.3 Å². The SMILES string of the molecule is CC1=CCC2C(=O)N(CC(=O)OCC(=O)c3ccc(OC(=O)c4ccccc4)cc3)C(=O)C2C1. The van der Waals surface area contributed by atoms with Crippen molar-refractivity contribution in [2.45, 2.75) is 19.8 Å². The lowest BCUT2D eigenvalue weighted by Crippen LogP contribution is -2.37. The van der Waals surface area contributed by atoms with Crippen molar-refractivity contribution < 1.29 is 33.4 Å². The van der Waals surface area contributed by atoms with Crippen molar-refractivity contribution in [1.29, 1.82) is 0 Å². The summed E-state index contributed by atoms with van der Waals surface area (Å²) < 4.78 is 10.3. The molecule has 4 rings (SSSR count). The number of hydrogen-bond acceptors (Lipinski definition) is 7. The van der Waals surface area contributed by atoms with E-state index in [9.17, 15) is 24.0 Å². The maximum Gasteiger partial charge on any atom is 0.343 e. The van der Waals surface area contributed by atoms with Gasteiger partial charge in [0.1, 0.15) is 12.3 Å². The maximum absolute atomic E-state index is 12.6. The van der Waals surface area contributed by atoms with Crippen LogP contribution in [0.5, 0.6) is 5.75 Å². The molecule has 34 heavy (non-hydrogen) atoms. The molecule has 0 N–H and O–H groups in total. The second-order valence-electron chi connectivity index (χ2n) is 8.33. The number of hydrogen-bond donors (Lipinski definition) is 0. The molecule has 0 aromatic heterocycles. The van der Waals surface area contributed by atoms with Crippen molar-refractivity contribution in [2.75, 3.05) is 13.2 Å². The summed E-state index contributed by atoms with van der Waals surface area (Å²) in [5.41, 5.74) is 1.71. The highest BCUT2D eigenvalue weighted by Crippen LogP contribution is 2.37. The van der Waals surface area contributed by atoms with Gasteiger partial charge in [0.15, 0.2) is 12.4 Å². The van der Waals surface area contributed by atoms with Crippen molar-refractivity contribution >= 4 is 29.5 Å². The number of likely N-dealkylation sites (tertiary alicyclic amines) is 1. The third-order valence-corrected chi connectivity index (χ3v) is 5.96. The molecule has 8 heteroatoms. The molecule has 2 aliphatic rings. The van der Waals surface area contributed by atoms with Crippen LogP contribution < -0.4 is 4.74 Å². The minimum Gasteiger partial charge on any atom is -0.456 e. The fourth-order valence-electron chi connectivity index (χ4n) is 4.12. The zero-order chi connectivity index (χ0) is 24.2. The van der Waals surface area contributed by atoms with Crippen molar-refractivity contribution in [1.82, 2.24) is 4.90 Å². The second-order valence-corrected chi connectivity index (χ2v) is 8.33. The predicted molar refractivity (Wildman–Crippen MR) is 120 cm³/mol. The molecule has 8 nitrogen and oxygen atoms in total. The molecule has 2 amide bonds. The molecule has 2 aromatic rings. The first-order chi connectivity index (χ1) is 16.3. The molecule has 174 valence electrons. The zero-order valence-electron chi connectivity index (χ0n) is 18.6. The van der Waals surface area contributed by atoms with Gasteiger partial charge in [-0.1, -0.05) is 29.8 Å². The Bertz CT molecular complexity index is 1170. The lowest BCUT2D eigenvalue weighted by atomic mass is 9.82. The van der Waals surface area contributed by atoms with E-state index in [2.05, 4.69) is 0 Å². The smallest absolute Gasteiger partial charge is 0.343 e. The van der Waals surface area contributed by atoms with Gasteiger partial charge < -0.3 is 9.47 Å². The quantitative estimate of drug-likeness (QED) is 0.205. The molecule has 1 aliphatic heterocycles. The molecule has 2 atom stereocenters. The molecule has 1 fully saturated rings. The average Bonchev–Trinajstić information content (AvgIpc) is 3.07. The summed E-state index contributed by atoms with van der Waals surface area (Å²) in [6, 6.07) is 14.3. The fourth-order valence-corrected chi connectivity index (χ4v) is 4.12. The van der Waals surface area contributed by atoms with Crippen LogP contribution in [0.2, 0.25) is 0 Å². The van der Waals surface area contributed by atoms with E-state index < -0.39 is 42.7 Å². The number of amides is 2. The number of Topliss-reactive ketones (excluding diaryl/α,β-unsaturated/α-hetero) is 1. The van der Waals surface area contributed by atoms with Crippen LogP contribution >= 0.6 is 0 Å². The number of ketones is 1. The van der Waals surface area contributed by atoms with Crippen LogP contribution in [-0.4, -0.2) is 47.6 Å². The van der Waals surface area contributed by atoms with Crippen LogP contribution in [0.25, 0.3) is 0 Å². The maximum atomic E-state index is 12.6. The first kappa shape index (κ1) is 23.1. The molecule has 2 aromatic carbocycles. The Kier molecular flexibility index (Phi) is 6.67. The Hall–Kier alpha value is -4.07. The summed E-state index contributed by atoms with van der Waals surface area (Å²) >= 11 is 0. The first-order valence-electron chi connectivity index (χ1n) is 10.9. The number of ether oxygens (including phenoxy) is 2. The molecular weight excluding hydrogens is 438 g/mol. The number of nitrogens with zero attached hydrogens (tertiary/aromatic N) is 1. The van der Waals surface area contributed by atoms with Crippen LogP contribution in [-0.2, 0) is 19.1 Å². The molecule has 0 saturated carbocycles. The first-order valence-corrected chi connectivity index (χ1v) is 10.9. The van der Waals surface area contributed by atoms with Crippen LogP contribution in [0, 0.1) is 11.8 Å². The van der Waals surface area contributed by atoms with Gasteiger partial charge in [-0.25, -0.2) is 4.79 Å². The van der Waals surface area contributed by atoms with Gasteiger partial charge >= 0.3 is 11.9 Å². The highest BCUT2D eigenvalue weighted by molar-refractivity contribution is 6.07. The summed E-state index contributed by atoms with van der Waals surface area (Å²) in [7, 11) is 0. The molecule has 1 heterocycles. The number of imide groups is 1. The van der Waals surface area contributed by atoms with Crippen molar-refractivity contribution in [3.8, 4) is 5.75 Å². The fraction of sp³-hybridized carbons (Fsp3) is 0.269. The minimum atomic E-state index is -0.827. The van der Waals surface area contributed by atoms with E-state index in [-0.39, 0.29) is 23.1 Å². The van der Waals surface area contributed by atoms with Crippen LogP contribution in [0.3, 0.4) is 0 Å². The number of benzene rings is 2. The summed E-state index contributed by atoms with van der Waals surface area (Å²) in [6.45, 7) is 0.868. The van der Waals surface area contributed by atoms with Gasteiger partial charge in [-0.05, 0) is 56.2 Å². The summed E-state index contributed by atoms with van der Waals surface area (Å²) in [6.07, 6.45) is 2.94. The molecular formula is C26H23NO7. The van der Waals surface area contributed by atoms with E-state index >= 15 is 0 Å². The predicted octanol–water partition coefficient (Wildman–Crippen LogP) is 2.97. The normalized spacial score (nSPS) is 19.3. The van der Waals surface area contributed by atoms with Gasteiger partial charge in [-0.15, -0.1) is 0 Å². The van der Waals surface area contributed by atoms with Crippen LogP contribution in [0.1, 0.15) is 40.5 Å². The molecule has 0 bridgehead atoms. The van der Waals surface area contributed by atoms with Crippen molar-refractivity contribution in [3.63, 3.8) is 0 Å². The largest absolute Gasteiger partial charge is 0.456 e. The van der Waals surface area contributed by atoms with Gasteiger partial charge in [0.05, 0.1) is 17.4 Å². The second kappa shape index (κ2) is 9.82. The molecule has 2 unspecified atom stereocenters. The molecule has 1 aliphatic carbocycles. The summed E-state index contributed by atoms with van der Waals surface area (Å²) in [5, 5.41) is 0. The van der Waals surface area contributed by atoms with E-state index in [0.717, 1.165) is 10.5 Å². The van der Waals surface area contributed by atoms with Crippen molar-refractivity contribution in [3.05, 3.63) is 77.4 Å². The summed E-state index contributed by atoms with van der Waals surface area (Å²) in [5.74, 6) is -3.16. The van der Waals surface area contributed by atoms with E-state index in [0.29, 0.717) is 18.4 Å². The third-order valence-electron chi connectivity index (χ3n) is 5.96. The van der Waals surface area contributed by atoms with Gasteiger partial charge in [-0.2, -0.15) is 0 Å². The van der Waals surface area contributed by atoms with Gasteiger partial charge in [-0.3, -0.25) is 24.1 Å². The summed E-state index contributed by atoms with van der Waals surface area (Å²) in [4.78, 5) is 62.7. The highest BCUT2D eigenvalue weighted by atomic mass is 16.5. The van der Waals surface area contributed by atoms with Crippen LogP contribution in [0.4, 0.5) is 0 Å². The standard InChI is InChI=1S/C26H23NO7/c1-16-7-12-20-21(13-16)25(31)27(24(20)30)14-23(29)33-15-22(28)17-8-10-19(11-9-17)34-26(32)18-5-3-2-4-6-18/h2-11,20-21H,12-15H2,1H3. The molecule has 0 radical (unpaired) electrons. The lowest BCUT2D eigenvalue weighted by molar-refractivity contribution is -0.152. The number of rotatable bonds is 7. The van der Waals surface area contributed by atoms with Gasteiger partial charge in [0, 0.05) is 5.56 Å². The van der Waals surface area contributed by atoms with E-state index in [1.165, 1.54) is 24.3 Å². The Morgan fingerprint density at radius 1 is 0.912 bits per heavy atom. The van der Waals surface area contributed by atoms with Gasteiger partial charge in [0.2, 0.25) is 11.8 Å². The topological polar surface area (TPSA) is 107 Å². The molecule has 1 saturated heterocycles. The van der Waals surface area contributed by atoms with E-state index in [4.69, 9.17) is 9.47 Å². The zero-order valence-corrected chi connectivity index (χ0v) is 18.6. The number of allylic oxidation sites excluding steroid dienone is 2. The van der Waals surface area contributed by atoms with Gasteiger partial charge in [0.25, 0.3) is 0 Å². The van der Waals surface area contributed by atoms with Crippen LogP contribution in [0.15, 0.2) is 66.2 Å². The monoisotopic (exact) mass is 461 g/mol. The number of esters is 2. The third kappa shape index (κ3) is 4.96. The van der Waals surface area contributed by atoms with Crippen molar-refractivity contribution in [2.24, 2.45) is 11.8 Å². The number of fused-ring (bicyclic) bond motifs is 1. The average molecular weight is 461 g/mol. The molecule has 0 spiro atoms. The lowest BCUT2D eigenvalue weighted by Gasteiger charge is -2.19. The Balaban J connectivity index is 1.27. The Morgan fingerprint density at radius 2 is 1.59 bits per heavy atom. The Morgan fingerprint density at radius 3 is 2.29 bits per heavy atom. The Labute approximate surface area is 196 Å².